The van der Waals surface area contributed by atoms with E-state index in [1.54, 1.807) is 6.20 Å². The molecule has 18 heavy (non-hydrogen) atoms. The van der Waals surface area contributed by atoms with Crippen LogP contribution < -0.4 is 16.0 Å². The second-order valence-electron chi connectivity index (χ2n) is 3.59. The number of aromatic nitrogens is 2. The zero-order chi connectivity index (χ0) is 13.5. The number of carbonyl (C=O) groups excluding carboxylic acids is 1. The molecule has 0 aromatic carbocycles. The molecule has 1 aromatic heterocycles. The lowest BCUT2D eigenvalue weighted by Gasteiger charge is -2.20. The molecule has 0 saturated carbocycles. The Morgan fingerprint density at radius 3 is 2.61 bits per heavy atom. The number of hydrogen-bond donors (Lipinski definition) is 2. The van der Waals surface area contributed by atoms with E-state index in [0.717, 1.165) is 0 Å². The first-order chi connectivity index (χ1) is 8.58. The van der Waals surface area contributed by atoms with Crippen molar-refractivity contribution in [1.82, 2.24) is 15.3 Å². The monoisotopic (exact) mass is 267 g/mol. The number of hydrogen-bond acceptors (Lipinski definition) is 5. The normalized spacial score (nSPS) is 9.89. The summed E-state index contributed by atoms with van der Waals surface area (Å²) in [7, 11) is 0. The Bertz CT molecular complexity index is 420. The van der Waals surface area contributed by atoms with Crippen molar-refractivity contribution in [3.63, 3.8) is 0 Å². The second-order valence-corrected chi connectivity index (χ2v) is 4.03. The number of amides is 1. The van der Waals surface area contributed by atoms with Gasteiger partial charge < -0.3 is 16.0 Å². The van der Waals surface area contributed by atoms with Crippen LogP contribution in [0, 0.1) is 0 Å². The molecule has 0 aliphatic heterocycles. The Kier molecular flexibility index (Phi) is 5.44. The third-order valence-corrected chi connectivity index (χ3v) is 2.51. The maximum Gasteiger partial charge on any atom is 0.239 e. The number of rotatable bonds is 6. The van der Waals surface area contributed by atoms with Gasteiger partial charge >= 0.3 is 0 Å². The summed E-state index contributed by atoms with van der Waals surface area (Å²) in [6.07, 6.45) is 3.08. The van der Waals surface area contributed by atoms with E-state index in [1.165, 1.54) is 6.20 Å². The first-order valence-electron chi connectivity index (χ1n) is 5.72. The van der Waals surface area contributed by atoms with Gasteiger partial charge in [-0.25, -0.2) is 9.97 Å². The Morgan fingerprint density at radius 2 is 2.17 bits per heavy atom. The van der Waals surface area contributed by atoms with E-state index in [4.69, 9.17) is 18.0 Å². The van der Waals surface area contributed by atoms with E-state index in [9.17, 15) is 4.79 Å². The van der Waals surface area contributed by atoms with Gasteiger partial charge in [0.2, 0.25) is 5.91 Å². The van der Waals surface area contributed by atoms with Gasteiger partial charge in [0, 0.05) is 13.1 Å². The Labute approximate surface area is 112 Å². The molecule has 0 bridgehead atoms. The van der Waals surface area contributed by atoms with Crippen molar-refractivity contribution in [1.29, 1.82) is 0 Å². The van der Waals surface area contributed by atoms with Gasteiger partial charge in [0.1, 0.15) is 16.5 Å². The quantitative estimate of drug-likeness (QED) is 0.710. The maximum atomic E-state index is 11.5. The summed E-state index contributed by atoms with van der Waals surface area (Å²) < 4.78 is 0. The van der Waals surface area contributed by atoms with Gasteiger partial charge in [-0.1, -0.05) is 12.2 Å². The smallest absolute Gasteiger partial charge is 0.239 e. The van der Waals surface area contributed by atoms with Gasteiger partial charge in [0.25, 0.3) is 0 Å². The molecule has 0 aliphatic rings. The molecule has 7 heteroatoms. The average Bonchev–Trinajstić information content (AvgIpc) is 2.36. The lowest BCUT2D eigenvalue weighted by atomic mass is 10.4. The molecule has 6 nitrogen and oxygen atoms in total. The van der Waals surface area contributed by atoms with Gasteiger partial charge in [-0.15, -0.1) is 0 Å². The van der Waals surface area contributed by atoms with Crippen LogP contribution >= 0.6 is 12.2 Å². The lowest BCUT2D eigenvalue weighted by Crippen LogP contribution is -2.37. The highest BCUT2D eigenvalue weighted by Gasteiger charge is 2.11. The predicted octanol–water partition coefficient (Wildman–Crippen LogP) is 0.0732. The predicted molar refractivity (Wildman–Crippen MR) is 74.5 cm³/mol. The van der Waals surface area contributed by atoms with E-state index in [-0.39, 0.29) is 17.4 Å². The highest BCUT2D eigenvalue weighted by Crippen LogP contribution is 2.08. The molecule has 0 atom stereocenters. The lowest BCUT2D eigenvalue weighted by molar-refractivity contribution is -0.119. The minimum Gasteiger partial charge on any atom is -0.388 e. The summed E-state index contributed by atoms with van der Waals surface area (Å²) >= 11 is 4.80. The van der Waals surface area contributed by atoms with E-state index in [1.807, 2.05) is 18.7 Å². The number of thiocarbonyl (C=S) groups is 1. The van der Waals surface area contributed by atoms with Gasteiger partial charge in [-0.05, 0) is 13.8 Å². The number of nitrogens with two attached hydrogens (primary N) is 1. The number of likely N-dealkylation sites (N-methyl/N-ethyl adjacent to an activating group) is 2. The van der Waals surface area contributed by atoms with Gasteiger partial charge in [0.05, 0.1) is 18.9 Å². The molecule has 0 saturated heterocycles. The van der Waals surface area contributed by atoms with Crippen molar-refractivity contribution in [2.24, 2.45) is 5.73 Å². The van der Waals surface area contributed by atoms with Crippen LogP contribution in [0.4, 0.5) is 5.82 Å². The van der Waals surface area contributed by atoms with Crippen LogP contribution in [-0.4, -0.2) is 40.5 Å². The van der Waals surface area contributed by atoms with Crippen molar-refractivity contribution in [2.75, 3.05) is 24.5 Å². The summed E-state index contributed by atoms with van der Waals surface area (Å²) in [4.78, 5) is 21.8. The molecule has 1 heterocycles. The zero-order valence-electron chi connectivity index (χ0n) is 10.5. The van der Waals surface area contributed by atoms with Gasteiger partial charge in [-0.2, -0.15) is 0 Å². The average molecular weight is 267 g/mol. The van der Waals surface area contributed by atoms with Crippen LogP contribution in [0.5, 0.6) is 0 Å². The van der Waals surface area contributed by atoms with E-state index < -0.39 is 0 Å². The number of nitrogens with one attached hydrogen (secondary N) is 1. The van der Waals surface area contributed by atoms with E-state index in [2.05, 4.69) is 15.3 Å². The minimum atomic E-state index is -0.0421. The molecular weight excluding hydrogens is 250 g/mol. The molecule has 0 unspecified atom stereocenters. The zero-order valence-corrected chi connectivity index (χ0v) is 11.3. The molecule has 1 amide bonds. The van der Waals surface area contributed by atoms with Crippen LogP contribution in [-0.2, 0) is 4.79 Å². The molecule has 1 rings (SSSR count). The fourth-order valence-corrected chi connectivity index (χ4v) is 1.50. The Balaban J connectivity index is 2.76. The Morgan fingerprint density at radius 1 is 1.44 bits per heavy atom. The van der Waals surface area contributed by atoms with Crippen molar-refractivity contribution >= 4 is 28.9 Å². The largest absolute Gasteiger partial charge is 0.388 e. The van der Waals surface area contributed by atoms with Crippen molar-refractivity contribution in [2.45, 2.75) is 13.8 Å². The molecular formula is C11H17N5OS. The second kappa shape index (κ2) is 6.85. The summed E-state index contributed by atoms with van der Waals surface area (Å²) in [5, 5.41) is 2.74. The summed E-state index contributed by atoms with van der Waals surface area (Å²) in [5.74, 6) is 0.586. The molecule has 98 valence electrons. The summed E-state index contributed by atoms with van der Waals surface area (Å²) in [6, 6.07) is 0. The fraction of sp³-hybridized carbons (Fsp3) is 0.455. The maximum absolute atomic E-state index is 11.5. The van der Waals surface area contributed by atoms with Gasteiger partial charge in [0.15, 0.2) is 0 Å². The highest BCUT2D eigenvalue weighted by molar-refractivity contribution is 7.80. The molecule has 0 fully saturated rings. The number of carbonyl (C=O) groups is 1. The van der Waals surface area contributed by atoms with Crippen LogP contribution in [0.1, 0.15) is 19.5 Å². The van der Waals surface area contributed by atoms with Crippen LogP contribution in [0.2, 0.25) is 0 Å². The summed E-state index contributed by atoms with van der Waals surface area (Å²) in [5.41, 5.74) is 5.92. The van der Waals surface area contributed by atoms with E-state index >= 15 is 0 Å². The molecule has 3 N–H and O–H groups in total. The van der Waals surface area contributed by atoms with E-state index in [0.29, 0.717) is 24.6 Å². The number of nitrogens with zero attached hydrogens (tertiary/aromatic N) is 3. The first-order valence-corrected chi connectivity index (χ1v) is 6.12. The van der Waals surface area contributed by atoms with Crippen molar-refractivity contribution < 1.29 is 4.79 Å². The molecule has 0 radical (unpaired) electrons. The highest BCUT2D eigenvalue weighted by atomic mass is 32.1. The molecule has 0 spiro atoms. The minimum absolute atomic E-state index is 0.0421. The molecule has 1 aromatic rings. The first kappa shape index (κ1) is 14.3. The topological polar surface area (TPSA) is 84.1 Å². The molecule has 0 aliphatic carbocycles. The van der Waals surface area contributed by atoms with Crippen LogP contribution in [0.3, 0.4) is 0 Å². The standard InChI is InChI=1S/C11H17N5OS/c1-3-13-10(17)7-16(4-2)9-6-14-8(5-15-9)11(12)18/h5-6H,3-4,7H2,1-2H3,(H2,12,18)(H,13,17). The third kappa shape index (κ3) is 3.92. The number of anilines is 1. The van der Waals surface area contributed by atoms with Gasteiger partial charge in [-0.3, -0.25) is 4.79 Å². The Hall–Kier alpha value is -1.76. The van der Waals surface area contributed by atoms with Crippen molar-refractivity contribution in [3.05, 3.63) is 18.1 Å². The van der Waals surface area contributed by atoms with Crippen LogP contribution in [0.25, 0.3) is 0 Å². The SMILES string of the molecule is CCNC(=O)CN(CC)c1cnc(C(N)=S)cn1. The van der Waals surface area contributed by atoms with Crippen molar-refractivity contribution in [3.8, 4) is 0 Å². The summed E-state index contributed by atoms with van der Waals surface area (Å²) in [6.45, 7) is 5.36. The van der Waals surface area contributed by atoms with Crippen LogP contribution in [0.15, 0.2) is 12.4 Å². The third-order valence-electron chi connectivity index (χ3n) is 2.30. The fourth-order valence-electron chi connectivity index (χ4n) is 1.39.